The molecule has 0 bridgehead atoms. The number of aromatic nitrogens is 4. The number of carbonyl (C=O) groups is 2. The summed E-state index contributed by atoms with van der Waals surface area (Å²) in [5.41, 5.74) is -0.330. The Balaban J connectivity index is 2.06. The quantitative estimate of drug-likeness (QED) is 0.736. The first-order chi connectivity index (χ1) is 11.3. The van der Waals surface area contributed by atoms with E-state index in [9.17, 15) is 14.0 Å². The van der Waals surface area contributed by atoms with Gasteiger partial charge in [0.2, 0.25) is 0 Å². The molecule has 0 saturated carbocycles. The van der Waals surface area contributed by atoms with E-state index < -0.39 is 23.4 Å². The van der Waals surface area contributed by atoms with Crippen LogP contribution in [0.25, 0.3) is 5.69 Å². The molecular formula is C14H17FN6O3. The molecule has 0 aliphatic carbocycles. The molecule has 0 aliphatic rings. The zero-order valence-corrected chi connectivity index (χ0v) is 13.2. The first-order valence-corrected chi connectivity index (χ1v) is 7.11. The van der Waals surface area contributed by atoms with Gasteiger partial charge in [-0.3, -0.25) is 4.79 Å². The average molecular weight is 336 g/mol. The number of halogens is 1. The minimum absolute atomic E-state index is 0.0467. The zero-order valence-electron chi connectivity index (χ0n) is 13.2. The number of anilines is 1. The summed E-state index contributed by atoms with van der Waals surface area (Å²) >= 11 is 0. The topological polar surface area (TPSA) is 122 Å². The maximum Gasteiger partial charge on any atom is 0.319 e. The number of aliphatic carboxylic acids is 1. The first kappa shape index (κ1) is 17.3. The van der Waals surface area contributed by atoms with Crippen LogP contribution >= 0.6 is 0 Å². The SMILES string of the molecule is CC(C)(CCC(=O)O)NC(=O)Nc1cc(-n2cnnn2)ccc1F. The van der Waals surface area contributed by atoms with Crippen molar-refractivity contribution in [3.8, 4) is 5.69 Å². The molecule has 0 unspecified atom stereocenters. The van der Waals surface area contributed by atoms with Crippen molar-refractivity contribution in [1.29, 1.82) is 0 Å². The molecule has 2 amide bonds. The van der Waals surface area contributed by atoms with Crippen molar-refractivity contribution in [3.05, 3.63) is 30.3 Å². The van der Waals surface area contributed by atoms with Crippen molar-refractivity contribution in [1.82, 2.24) is 25.5 Å². The monoisotopic (exact) mass is 336 g/mol. The number of carbonyl (C=O) groups excluding carboxylic acids is 1. The summed E-state index contributed by atoms with van der Waals surface area (Å²) < 4.78 is 15.2. The Bertz CT molecular complexity index is 732. The van der Waals surface area contributed by atoms with Crippen molar-refractivity contribution in [2.45, 2.75) is 32.2 Å². The average Bonchev–Trinajstić information content (AvgIpc) is 3.01. The van der Waals surface area contributed by atoms with Gasteiger partial charge < -0.3 is 15.7 Å². The van der Waals surface area contributed by atoms with Crippen LogP contribution in [0.1, 0.15) is 26.7 Å². The third kappa shape index (κ3) is 4.73. The highest BCUT2D eigenvalue weighted by molar-refractivity contribution is 5.90. The van der Waals surface area contributed by atoms with Gasteiger partial charge in [0.1, 0.15) is 12.1 Å². The van der Waals surface area contributed by atoms with Crippen LogP contribution in [-0.4, -0.2) is 42.9 Å². The molecule has 1 aromatic heterocycles. The Kier molecular flexibility index (Phi) is 5.07. The van der Waals surface area contributed by atoms with Crippen LogP contribution in [0.5, 0.6) is 0 Å². The molecular weight excluding hydrogens is 319 g/mol. The van der Waals surface area contributed by atoms with Crippen LogP contribution in [0.3, 0.4) is 0 Å². The van der Waals surface area contributed by atoms with Gasteiger partial charge in [0.15, 0.2) is 0 Å². The number of urea groups is 1. The van der Waals surface area contributed by atoms with Crippen LogP contribution in [0, 0.1) is 5.82 Å². The van der Waals surface area contributed by atoms with Gasteiger partial charge in [-0.1, -0.05) is 0 Å². The van der Waals surface area contributed by atoms with E-state index >= 15 is 0 Å². The predicted octanol–water partition coefficient (Wildman–Crippen LogP) is 1.57. The molecule has 2 aromatic rings. The van der Waals surface area contributed by atoms with Crippen LogP contribution in [-0.2, 0) is 4.79 Å². The van der Waals surface area contributed by atoms with Crippen LogP contribution in [0.2, 0.25) is 0 Å². The van der Waals surface area contributed by atoms with Crippen molar-refractivity contribution < 1.29 is 19.1 Å². The summed E-state index contributed by atoms with van der Waals surface area (Å²) in [4.78, 5) is 22.7. The van der Waals surface area contributed by atoms with Crippen LogP contribution in [0.4, 0.5) is 14.9 Å². The number of tetrazole rings is 1. The largest absolute Gasteiger partial charge is 0.481 e. The Morgan fingerprint density at radius 3 is 2.75 bits per heavy atom. The van der Waals surface area contributed by atoms with Crippen molar-refractivity contribution in [3.63, 3.8) is 0 Å². The Labute approximate surface area is 136 Å². The molecule has 0 aliphatic heterocycles. The fourth-order valence-corrected chi connectivity index (χ4v) is 1.97. The van der Waals surface area contributed by atoms with E-state index in [1.807, 2.05) is 0 Å². The molecule has 2 rings (SSSR count). The molecule has 24 heavy (non-hydrogen) atoms. The second-order valence-electron chi connectivity index (χ2n) is 5.78. The third-order valence-corrected chi connectivity index (χ3v) is 3.23. The number of amides is 2. The normalized spacial score (nSPS) is 11.1. The standard InChI is InChI=1S/C14H17FN6O3/c1-14(2,6-5-12(22)23)18-13(24)17-11-7-9(3-4-10(11)15)21-8-16-19-20-21/h3-4,7-8H,5-6H2,1-2H3,(H,22,23)(H2,17,18,24). The number of hydrogen-bond donors (Lipinski definition) is 3. The highest BCUT2D eigenvalue weighted by atomic mass is 19.1. The maximum atomic E-state index is 13.9. The summed E-state index contributed by atoms with van der Waals surface area (Å²) in [5, 5.41) is 24.4. The first-order valence-electron chi connectivity index (χ1n) is 7.11. The van der Waals surface area contributed by atoms with Gasteiger partial charge >= 0.3 is 12.0 Å². The fraction of sp³-hybridized carbons (Fsp3) is 0.357. The molecule has 1 heterocycles. The number of rotatable bonds is 6. The molecule has 1 aromatic carbocycles. The maximum absolute atomic E-state index is 13.9. The summed E-state index contributed by atoms with van der Waals surface area (Å²) in [5.74, 6) is -1.57. The van der Waals surface area contributed by atoms with E-state index in [-0.39, 0.29) is 18.5 Å². The predicted molar refractivity (Wildman–Crippen MR) is 82.2 cm³/mol. The van der Waals surface area contributed by atoms with E-state index in [2.05, 4.69) is 26.2 Å². The smallest absolute Gasteiger partial charge is 0.319 e. The van der Waals surface area contributed by atoms with Gasteiger partial charge in [-0.05, 0) is 48.9 Å². The number of benzene rings is 1. The van der Waals surface area contributed by atoms with E-state index in [1.54, 1.807) is 13.8 Å². The second-order valence-corrected chi connectivity index (χ2v) is 5.78. The zero-order chi connectivity index (χ0) is 17.7. The highest BCUT2D eigenvalue weighted by Gasteiger charge is 2.22. The summed E-state index contributed by atoms with van der Waals surface area (Å²) in [7, 11) is 0. The Morgan fingerprint density at radius 1 is 1.38 bits per heavy atom. The number of nitrogens with one attached hydrogen (secondary N) is 2. The van der Waals surface area contributed by atoms with Crippen molar-refractivity contribution >= 4 is 17.7 Å². The molecule has 9 nitrogen and oxygen atoms in total. The number of carboxylic acid groups (broad SMARTS) is 1. The molecule has 0 fully saturated rings. The van der Waals surface area contributed by atoms with E-state index in [1.165, 1.54) is 29.2 Å². The number of hydrogen-bond acceptors (Lipinski definition) is 5. The van der Waals surface area contributed by atoms with Crippen molar-refractivity contribution in [2.24, 2.45) is 0 Å². The third-order valence-electron chi connectivity index (χ3n) is 3.23. The van der Waals surface area contributed by atoms with Gasteiger partial charge in [-0.25, -0.2) is 13.9 Å². The molecule has 0 atom stereocenters. The second kappa shape index (κ2) is 7.02. The summed E-state index contributed by atoms with van der Waals surface area (Å²) in [6.07, 6.45) is 1.49. The summed E-state index contributed by atoms with van der Waals surface area (Å²) in [6, 6.07) is 3.39. The molecule has 128 valence electrons. The Hall–Kier alpha value is -3.04. The lowest BCUT2D eigenvalue weighted by Crippen LogP contribution is -2.45. The summed E-state index contributed by atoms with van der Waals surface area (Å²) in [6.45, 7) is 3.37. The molecule has 0 spiro atoms. The van der Waals surface area contributed by atoms with Crippen molar-refractivity contribution in [2.75, 3.05) is 5.32 Å². The molecule has 10 heteroatoms. The molecule has 0 radical (unpaired) electrons. The van der Waals surface area contributed by atoms with E-state index in [0.29, 0.717) is 5.69 Å². The van der Waals surface area contributed by atoms with Crippen LogP contribution < -0.4 is 10.6 Å². The molecule has 3 N–H and O–H groups in total. The van der Waals surface area contributed by atoms with Gasteiger partial charge in [0, 0.05) is 12.0 Å². The van der Waals surface area contributed by atoms with Gasteiger partial charge in [-0.15, -0.1) is 5.10 Å². The minimum Gasteiger partial charge on any atom is -0.481 e. The van der Waals surface area contributed by atoms with Gasteiger partial charge in [0.05, 0.1) is 11.4 Å². The van der Waals surface area contributed by atoms with E-state index in [0.717, 1.165) is 0 Å². The van der Waals surface area contributed by atoms with Gasteiger partial charge in [-0.2, -0.15) is 0 Å². The Morgan fingerprint density at radius 2 is 2.12 bits per heavy atom. The lowest BCUT2D eigenvalue weighted by atomic mass is 9.99. The number of nitrogens with zero attached hydrogens (tertiary/aromatic N) is 4. The molecule has 0 saturated heterocycles. The van der Waals surface area contributed by atoms with E-state index in [4.69, 9.17) is 5.11 Å². The lowest BCUT2D eigenvalue weighted by molar-refractivity contribution is -0.137. The van der Waals surface area contributed by atoms with Crippen LogP contribution in [0.15, 0.2) is 24.5 Å². The number of carboxylic acids is 1. The highest BCUT2D eigenvalue weighted by Crippen LogP contribution is 2.19. The lowest BCUT2D eigenvalue weighted by Gasteiger charge is -2.25. The fourth-order valence-electron chi connectivity index (χ4n) is 1.97. The van der Waals surface area contributed by atoms with Gasteiger partial charge in [0.25, 0.3) is 0 Å². The minimum atomic E-state index is -0.953.